The minimum atomic E-state index is 0.177. The highest BCUT2D eigenvalue weighted by molar-refractivity contribution is 7.16. The Kier molecular flexibility index (Phi) is 4.03. The first-order valence-electron chi connectivity index (χ1n) is 7.20. The molecule has 1 atom stereocenters. The second kappa shape index (κ2) is 5.93. The van der Waals surface area contributed by atoms with E-state index < -0.39 is 0 Å². The van der Waals surface area contributed by atoms with Crippen LogP contribution in [0.25, 0.3) is 10.2 Å². The van der Waals surface area contributed by atoms with E-state index >= 15 is 0 Å². The van der Waals surface area contributed by atoms with E-state index in [2.05, 4.69) is 31.6 Å². The number of hydrogen-bond acceptors (Lipinski definition) is 6. The van der Waals surface area contributed by atoms with Crippen molar-refractivity contribution in [2.75, 3.05) is 29.9 Å². The molecule has 0 bridgehead atoms. The van der Waals surface area contributed by atoms with Crippen molar-refractivity contribution in [2.24, 2.45) is 0 Å². The van der Waals surface area contributed by atoms with Gasteiger partial charge in [0.1, 0.15) is 10.6 Å². The molecule has 0 amide bonds. The lowest BCUT2D eigenvalue weighted by Gasteiger charge is -2.36. The summed E-state index contributed by atoms with van der Waals surface area (Å²) >= 11 is 1.63. The highest BCUT2D eigenvalue weighted by Gasteiger charge is 2.25. The number of nitrogens with one attached hydrogen (secondary N) is 1. The molecule has 20 heavy (non-hydrogen) atoms. The lowest BCUT2D eigenvalue weighted by Crippen LogP contribution is -2.42. The first-order chi connectivity index (χ1) is 9.83. The fraction of sp³-hybridized carbons (Fsp3) is 0.571. The van der Waals surface area contributed by atoms with Gasteiger partial charge in [-0.2, -0.15) is 4.98 Å². The van der Waals surface area contributed by atoms with Gasteiger partial charge in [-0.05, 0) is 37.6 Å². The molecule has 1 fully saturated rings. The molecule has 0 saturated carbocycles. The minimum Gasteiger partial charge on any atom is -0.394 e. The van der Waals surface area contributed by atoms with E-state index in [4.69, 9.17) is 0 Å². The summed E-state index contributed by atoms with van der Waals surface area (Å²) in [4.78, 5) is 12.5. The van der Waals surface area contributed by atoms with E-state index in [0.29, 0.717) is 5.95 Å². The van der Waals surface area contributed by atoms with Crippen molar-refractivity contribution < 1.29 is 5.11 Å². The highest BCUT2D eigenvalue weighted by atomic mass is 32.1. The molecule has 3 heterocycles. The Bertz CT molecular complexity index is 586. The SMILES string of the molecule is CCNc1nc(N2CCCCC2CO)c2ccsc2n1. The predicted octanol–water partition coefficient (Wildman–Crippen LogP) is 2.47. The maximum absolute atomic E-state index is 9.62. The van der Waals surface area contributed by atoms with Crippen LogP contribution in [0.5, 0.6) is 0 Å². The molecule has 108 valence electrons. The lowest BCUT2D eigenvalue weighted by molar-refractivity contribution is 0.239. The monoisotopic (exact) mass is 292 g/mol. The van der Waals surface area contributed by atoms with E-state index in [0.717, 1.165) is 42.0 Å². The third-order valence-corrected chi connectivity index (χ3v) is 4.56. The van der Waals surface area contributed by atoms with Gasteiger partial charge < -0.3 is 15.3 Å². The molecule has 2 aromatic rings. The maximum Gasteiger partial charge on any atom is 0.226 e. The van der Waals surface area contributed by atoms with Crippen LogP contribution in [0.3, 0.4) is 0 Å². The van der Waals surface area contributed by atoms with Gasteiger partial charge in [0.25, 0.3) is 0 Å². The Morgan fingerprint density at radius 1 is 1.45 bits per heavy atom. The van der Waals surface area contributed by atoms with Crippen LogP contribution in [-0.2, 0) is 0 Å². The van der Waals surface area contributed by atoms with Gasteiger partial charge in [0.2, 0.25) is 5.95 Å². The molecule has 2 N–H and O–H groups in total. The predicted molar refractivity (Wildman–Crippen MR) is 83.6 cm³/mol. The second-order valence-corrected chi connectivity index (χ2v) is 5.96. The summed E-state index contributed by atoms with van der Waals surface area (Å²) in [5.41, 5.74) is 0. The fourth-order valence-electron chi connectivity index (χ4n) is 2.77. The summed E-state index contributed by atoms with van der Waals surface area (Å²) < 4.78 is 0. The Morgan fingerprint density at radius 3 is 3.15 bits per heavy atom. The number of aromatic nitrogens is 2. The van der Waals surface area contributed by atoms with Crippen LogP contribution in [-0.4, -0.2) is 40.8 Å². The Balaban J connectivity index is 2.05. The average Bonchev–Trinajstić information content (AvgIpc) is 2.95. The van der Waals surface area contributed by atoms with Crippen LogP contribution in [0.4, 0.5) is 11.8 Å². The molecule has 0 aromatic carbocycles. The average molecular weight is 292 g/mol. The van der Waals surface area contributed by atoms with Crippen LogP contribution in [0, 0.1) is 0 Å². The van der Waals surface area contributed by atoms with Gasteiger partial charge in [-0.1, -0.05) is 0 Å². The summed E-state index contributed by atoms with van der Waals surface area (Å²) in [6.07, 6.45) is 3.37. The first kappa shape index (κ1) is 13.6. The zero-order valence-electron chi connectivity index (χ0n) is 11.7. The van der Waals surface area contributed by atoms with Gasteiger partial charge in [-0.15, -0.1) is 11.3 Å². The molecule has 3 rings (SSSR count). The van der Waals surface area contributed by atoms with Crippen molar-refractivity contribution in [3.63, 3.8) is 0 Å². The number of nitrogens with zero attached hydrogens (tertiary/aromatic N) is 3. The largest absolute Gasteiger partial charge is 0.394 e. The number of anilines is 2. The third-order valence-electron chi connectivity index (χ3n) is 3.75. The molecule has 1 saturated heterocycles. The van der Waals surface area contributed by atoms with Gasteiger partial charge in [0, 0.05) is 13.1 Å². The summed E-state index contributed by atoms with van der Waals surface area (Å²) in [5.74, 6) is 1.64. The van der Waals surface area contributed by atoms with Gasteiger partial charge in [-0.3, -0.25) is 0 Å². The Morgan fingerprint density at radius 2 is 2.35 bits per heavy atom. The Hall–Kier alpha value is -1.40. The van der Waals surface area contributed by atoms with Crippen molar-refractivity contribution >= 4 is 33.3 Å². The molecular weight excluding hydrogens is 272 g/mol. The molecule has 1 aliphatic heterocycles. The fourth-order valence-corrected chi connectivity index (χ4v) is 3.52. The van der Waals surface area contributed by atoms with Crippen molar-refractivity contribution in [2.45, 2.75) is 32.2 Å². The van der Waals surface area contributed by atoms with Crippen LogP contribution < -0.4 is 10.2 Å². The van der Waals surface area contributed by atoms with Crippen molar-refractivity contribution in [1.82, 2.24) is 9.97 Å². The standard InChI is InChI=1S/C14H20N4OS/c1-2-15-14-16-12(11-6-8-20-13(11)17-14)18-7-4-3-5-10(18)9-19/h6,8,10,19H,2-5,7,9H2,1H3,(H,15,16,17). The lowest BCUT2D eigenvalue weighted by atomic mass is 10.0. The van der Waals surface area contributed by atoms with Crippen molar-refractivity contribution in [1.29, 1.82) is 0 Å². The smallest absolute Gasteiger partial charge is 0.226 e. The Labute approximate surface area is 122 Å². The second-order valence-electron chi connectivity index (χ2n) is 5.07. The van der Waals surface area contributed by atoms with Crippen molar-refractivity contribution in [3.05, 3.63) is 11.4 Å². The van der Waals surface area contributed by atoms with Crippen molar-refractivity contribution in [3.8, 4) is 0 Å². The van der Waals surface area contributed by atoms with Crippen LogP contribution in [0.2, 0.25) is 0 Å². The molecule has 1 unspecified atom stereocenters. The number of aliphatic hydroxyl groups excluding tert-OH is 1. The summed E-state index contributed by atoms with van der Waals surface area (Å²) in [5, 5.41) is 16.0. The zero-order chi connectivity index (χ0) is 13.9. The zero-order valence-corrected chi connectivity index (χ0v) is 12.5. The van der Waals surface area contributed by atoms with E-state index in [1.54, 1.807) is 11.3 Å². The number of piperidine rings is 1. The quantitative estimate of drug-likeness (QED) is 0.906. The number of aliphatic hydroxyl groups is 1. The highest BCUT2D eigenvalue weighted by Crippen LogP contribution is 2.32. The number of thiophene rings is 1. The summed E-state index contributed by atoms with van der Waals surface area (Å²) in [6.45, 7) is 3.99. The number of fused-ring (bicyclic) bond motifs is 1. The van der Waals surface area contributed by atoms with Gasteiger partial charge >= 0.3 is 0 Å². The minimum absolute atomic E-state index is 0.177. The van der Waals surface area contributed by atoms with Gasteiger partial charge in [-0.25, -0.2) is 4.98 Å². The molecule has 6 heteroatoms. The molecule has 2 aromatic heterocycles. The van der Waals surface area contributed by atoms with Gasteiger partial charge in [0.05, 0.1) is 18.0 Å². The molecule has 0 aliphatic carbocycles. The van der Waals surface area contributed by atoms with E-state index in [9.17, 15) is 5.11 Å². The first-order valence-corrected chi connectivity index (χ1v) is 8.08. The molecular formula is C14H20N4OS. The maximum atomic E-state index is 9.62. The topological polar surface area (TPSA) is 61.3 Å². The molecule has 0 spiro atoms. The van der Waals surface area contributed by atoms with E-state index in [1.807, 2.05) is 6.92 Å². The van der Waals surface area contributed by atoms with Crippen LogP contribution in [0.15, 0.2) is 11.4 Å². The number of hydrogen-bond donors (Lipinski definition) is 2. The summed E-state index contributed by atoms with van der Waals surface area (Å²) in [7, 11) is 0. The molecule has 1 aliphatic rings. The molecule has 0 radical (unpaired) electrons. The van der Waals surface area contributed by atoms with Crippen LogP contribution in [0.1, 0.15) is 26.2 Å². The normalized spacial score (nSPS) is 19.5. The number of rotatable bonds is 4. The summed E-state index contributed by atoms with van der Waals surface area (Å²) in [6, 6.07) is 2.25. The van der Waals surface area contributed by atoms with Gasteiger partial charge in [0.15, 0.2) is 0 Å². The molecule has 5 nitrogen and oxygen atoms in total. The third kappa shape index (κ3) is 2.45. The van der Waals surface area contributed by atoms with E-state index in [1.165, 1.54) is 6.42 Å². The van der Waals surface area contributed by atoms with Crippen LogP contribution >= 0.6 is 11.3 Å². The van der Waals surface area contributed by atoms with E-state index in [-0.39, 0.29) is 12.6 Å².